The van der Waals surface area contributed by atoms with Crippen LogP contribution in [0.1, 0.15) is 13.8 Å². The van der Waals surface area contributed by atoms with Crippen LogP contribution in [-0.2, 0) is 38.2 Å². The number of hydrogen-bond acceptors (Lipinski definition) is 8. The summed E-state index contributed by atoms with van der Waals surface area (Å²) in [4.78, 5) is 59.2. The topological polar surface area (TPSA) is 154 Å². The van der Waals surface area contributed by atoms with Crippen LogP contribution in [0.3, 0.4) is 0 Å². The molecule has 1 aliphatic carbocycles. The van der Waals surface area contributed by atoms with E-state index in [4.69, 9.17) is 14.2 Å². The Kier molecular flexibility index (Phi) is 8.27. The molecule has 0 radical (unpaired) electrons. The van der Waals surface area contributed by atoms with Crippen LogP contribution >= 0.6 is 0 Å². The molecule has 0 saturated carbocycles. The number of rotatable bonds is 10. The summed E-state index contributed by atoms with van der Waals surface area (Å²) >= 11 is 0. The van der Waals surface area contributed by atoms with Crippen LogP contribution in [0.15, 0.2) is 48.1 Å². The summed E-state index contributed by atoms with van der Waals surface area (Å²) in [7, 11) is 0. The fourth-order valence-electron chi connectivity index (χ4n) is 2.50. The van der Waals surface area contributed by atoms with Crippen LogP contribution in [0, 0.1) is 11.3 Å². The molecule has 10 heteroatoms. The van der Waals surface area contributed by atoms with Gasteiger partial charge in [0.15, 0.2) is 0 Å². The standard InChI is InChI=1S/C20H22O10/c1-11(2)16(23)28-8-9-29-18(25)13-6-5-7-20(19(26)27,14(13)15(21)22)10-30-17(24)12(3)4/h5-7,14H,1,3,8-10H2,2,4H3,(H,21,22)(H,26,27). The first-order chi connectivity index (χ1) is 13.9. The fraction of sp³-hybridized carbons (Fsp3) is 0.350. The number of aliphatic carboxylic acids is 2. The monoisotopic (exact) mass is 422 g/mol. The molecule has 0 bridgehead atoms. The highest BCUT2D eigenvalue weighted by molar-refractivity contribution is 6.00. The Morgan fingerprint density at radius 3 is 2.00 bits per heavy atom. The van der Waals surface area contributed by atoms with Crippen molar-refractivity contribution in [2.45, 2.75) is 13.8 Å². The Bertz CT molecular complexity index is 848. The van der Waals surface area contributed by atoms with Crippen LogP contribution in [0.25, 0.3) is 0 Å². The van der Waals surface area contributed by atoms with Crippen LogP contribution in [0.5, 0.6) is 0 Å². The number of allylic oxidation sites excluding steroid dienone is 2. The van der Waals surface area contributed by atoms with Gasteiger partial charge in [-0.1, -0.05) is 31.4 Å². The number of carbonyl (C=O) groups excluding carboxylic acids is 3. The van der Waals surface area contributed by atoms with Crippen molar-refractivity contribution in [3.05, 3.63) is 48.1 Å². The quantitative estimate of drug-likeness (QED) is 0.226. The molecule has 0 aromatic heterocycles. The second kappa shape index (κ2) is 10.2. The van der Waals surface area contributed by atoms with Gasteiger partial charge in [0, 0.05) is 11.1 Å². The van der Waals surface area contributed by atoms with Crippen LogP contribution in [-0.4, -0.2) is 59.9 Å². The van der Waals surface area contributed by atoms with Gasteiger partial charge in [-0.25, -0.2) is 14.4 Å². The fourth-order valence-corrected chi connectivity index (χ4v) is 2.50. The minimum absolute atomic E-state index is 0.0123. The largest absolute Gasteiger partial charge is 0.481 e. The molecule has 0 aliphatic heterocycles. The maximum absolute atomic E-state index is 12.4. The molecular formula is C20H22O10. The maximum Gasteiger partial charge on any atom is 0.335 e. The zero-order valence-electron chi connectivity index (χ0n) is 16.5. The summed E-state index contributed by atoms with van der Waals surface area (Å²) in [5.41, 5.74) is -2.58. The number of esters is 3. The second-order valence-corrected chi connectivity index (χ2v) is 6.51. The molecule has 0 fully saturated rings. The minimum atomic E-state index is -2.24. The van der Waals surface area contributed by atoms with Crippen LogP contribution < -0.4 is 0 Å². The lowest BCUT2D eigenvalue weighted by molar-refractivity contribution is -0.165. The van der Waals surface area contributed by atoms with E-state index in [2.05, 4.69) is 13.2 Å². The molecule has 0 saturated heterocycles. The second-order valence-electron chi connectivity index (χ2n) is 6.51. The Hall–Kier alpha value is -3.69. The van der Waals surface area contributed by atoms with E-state index in [1.807, 2.05) is 0 Å². The Balaban J connectivity index is 3.02. The van der Waals surface area contributed by atoms with Gasteiger partial charge in [-0.3, -0.25) is 9.59 Å². The van der Waals surface area contributed by atoms with Crippen molar-refractivity contribution in [3.63, 3.8) is 0 Å². The zero-order valence-corrected chi connectivity index (χ0v) is 16.5. The normalized spacial score (nSPS) is 19.8. The van der Waals surface area contributed by atoms with Crippen molar-refractivity contribution < 1.29 is 48.4 Å². The third-order valence-corrected chi connectivity index (χ3v) is 4.07. The van der Waals surface area contributed by atoms with E-state index in [1.165, 1.54) is 19.9 Å². The van der Waals surface area contributed by atoms with Gasteiger partial charge in [-0.2, -0.15) is 0 Å². The summed E-state index contributed by atoms with van der Waals surface area (Å²) in [5, 5.41) is 19.4. The summed E-state index contributed by atoms with van der Waals surface area (Å²) in [6, 6.07) is 0. The molecule has 0 aromatic rings. The van der Waals surface area contributed by atoms with Gasteiger partial charge >= 0.3 is 29.8 Å². The summed E-state index contributed by atoms with van der Waals surface area (Å²) in [5.74, 6) is -7.87. The molecule has 30 heavy (non-hydrogen) atoms. The van der Waals surface area contributed by atoms with E-state index < -0.39 is 60.0 Å². The lowest BCUT2D eigenvalue weighted by Gasteiger charge is -2.34. The Morgan fingerprint density at radius 1 is 0.967 bits per heavy atom. The van der Waals surface area contributed by atoms with E-state index in [0.29, 0.717) is 0 Å². The smallest absolute Gasteiger partial charge is 0.335 e. The van der Waals surface area contributed by atoms with Crippen LogP contribution in [0.4, 0.5) is 0 Å². The maximum atomic E-state index is 12.4. The first-order valence-electron chi connectivity index (χ1n) is 8.62. The lowest BCUT2D eigenvalue weighted by Crippen LogP contribution is -2.48. The van der Waals surface area contributed by atoms with Crippen molar-refractivity contribution in [1.82, 2.24) is 0 Å². The van der Waals surface area contributed by atoms with Crippen LogP contribution in [0.2, 0.25) is 0 Å². The number of carbonyl (C=O) groups is 5. The lowest BCUT2D eigenvalue weighted by atomic mass is 9.69. The van der Waals surface area contributed by atoms with Crippen molar-refractivity contribution in [2.75, 3.05) is 19.8 Å². The molecule has 1 aliphatic rings. The SMILES string of the molecule is C=C(C)C(=O)OCCOC(=O)C1=CC=CC(COC(=O)C(=C)C)(C(=O)O)C1C(=O)O. The van der Waals surface area contributed by atoms with Gasteiger partial charge < -0.3 is 24.4 Å². The Labute approximate surface area is 172 Å². The van der Waals surface area contributed by atoms with Crippen molar-refractivity contribution in [1.29, 1.82) is 0 Å². The van der Waals surface area contributed by atoms with Crippen molar-refractivity contribution in [2.24, 2.45) is 11.3 Å². The van der Waals surface area contributed by atoms with E-state index >= 15 is 0 Å². The third kappa shape index (κ3) is 5.66. The number of carboxylic acids is 2. The molecule has 10 nitrogen and oxygen atoms in total. The predicted molar refractivity (Wildman–Crippen MR) is 101 cm³/mol. The van der Waals surface area contributed by atoms with E-state index in [1.54, 1.807) is 0 Å². The highest BCUT2D eigenvalue weighted by Crippen LogP contribution is 2.39. The van der Waals surface area contributed by atoms with Gasteiger partial charge in [-0.15, -0.1) is 0 Å². The zero-order chi connectivity index (χ0) is 23.1. The molecule has 2 unspecified atom stereocenters. The van der Waals surface area contributed by atoms with Gasteiger partial charge in [0.1, 0.15) is 31.2 Å². The van der Waals surface area contributed by atoms with Gasteiger partial charge in [0.05, 0.1) is 5.57 Å². The van der Waals surface area contributed by atoms with E-state index in [0.717, 1.165) is 12.2 Å². The van der Waals surface area contributed by atoms with Gasteiger partial charge in [0.25, 0.3) is 0 Å². The average molecular weight is 422 g/mol. The molecule has 0 heterocycles. The van der Waals surface area contributed by atoms with Gasteiger partial charge in [-0.05, 0) is 13.8 Å². The molecule has 2 N–H and O–H groups in total. The summed E-state index contributed by atoms with van der Waals surface area (Å²) < 4.78 is 14.5. The van der Waals surface area contributed by atoms with Gasteiger partial charge in [0.2, 0.25) is 0 Å². The number of carboxylic acid groups (broad SMARTS) is 2. The summed E-state index contributed by atoms with van der Waals surface area (Å²) in [6.07, 6.45) is 3.30. The van der Waals surface area contributed by atoms with E-state index in [9.17, 15) is 34.2 Å². The minimum Gasteiger partial charge on any atom is -0.481 e. The first-order valence-corrected chi connectivity index (χ1v) is 8.62. The average Bonchev–Trinajstić information content (AvgIpc) is 2.67. The molecule has 0 spiro atoms. The number of ether oxygens (including phenoxy) is 3. The Morgan fingerprint density at radius 2 is 1.50 bits per heavy atom. The predicted octanol–water partition coefficient (Wildman–Crippen LogP) is 1.04. The molecule has 162 valence electrons. The highest BCUT2D eigenvalue weighted by Gasteiger charge is 2.53. The molecule has 2 atom stereocenters. The molecule has 0 aromatic carbocycles. The third-order valence-electron chi connectivity index (χ3n) is 4.07. The first kappa shape index (κ1) is 24.3. The highest BCUT2D eigenvalue weighted by atomic mass is 16.6. The van der Waals surface area contributed by atoms with Crippen molar-refractivity contribution >= 4 is 29.8 Å². The number of hydrogen-bond donors (Lipinski definition) is 2. The van der Waals surface area contributed by atoms with Crippen molar-refractivity contribution in [3.8, 4) is 0 Å². The summed E-state index contributed by atoms with van der Waals surface area (Å²) in [6.45, 7) is 7.97. The van der Waals surface area contributed by atoms with E-state index in [-0.39, 0.29) is 17.8 Å². The molecule has 1 rings (SSSR count). The molecule has 0 amide bonds. The molecular weight excluding hydrogens is 400 g/mol.